The first-order valence-corrected chi connectivity index (χ1v) is 10.2. The second-order valence-corrected chi connectivity index (χ2v) is 8.61. The first-order chi connectivity index (χ1) is 13.0. The summed E-state index contributed by atoms with van der Waals surface area (Å²) in [5.41, 5.74) is 0.322. The van der Waals surface area contributed by atoms with Gasteiger partial charge in [-0.25, -0.2) is 0 Å². The number of piperidine rings is 1. The number of ether oxygens (including phenoxy) is 1. The number of methoxy groups -OCH3 is 1. The van der Waals surface area contributed by atoms with Gasteiger partial charge in [-0.1, -0.05) is 25.0 Å². The highest BCUT2D eigenvalue weighted by Gasteiger charge is 2.52. The van der Waals surface area contributed by atoms with E-state index < -0.39 is 5.41 Å². The van der Waals surface area contributed by atoms with Crippen LogP contribution >= 0.6 is 0 Å². The predicted molar refractivity (Wildman–Crippen MR) is 104 cm³/mol. The SMILES string of the molecule is COc1ccc(C2(C(=O)N3CC[C@@]4(CCCN(C)C4=O)C3)CCCC2)cc1. The summed E-state index contributed by atoms with van der Waals surface area (Å²) in [5, 5.41) is 0. The van der Waals surface area contributed by atoms with Gasteiger partial charge in [0.05, 0.1) is 17.9 Å². The molecule has 0 aromatic heterocycles. The molecule has 3 fully saturated rings. The maximum absolute atomic E-state index is 13.7. The lowest BCUT2D eigenvalue weighted by atomic mass is 9.76. The van der Waals surface area contributed by atoms with Crippen molar-refractivity contribution in [3.05, 3.63) is 29.8 Å². The number of carbonyl (C=O) groups excluding carboxylic acids is 2. The van der Waals surface area contributed by atoms with Crippen LogP contribution in [0, 0.1) is 5.41 Å². The van der Waals surface area contributed by atoms with Gasteiger partial charge in [0, 0.05) is 26.7 Å². The van der Waals surface area contributed by atoms with Crippen LogP contribution in [0.15, 0.2) is 24.3 Å². The minimum absolute atomic E-state index is 0.225. The summed E-state index contributed by atoms with van der Waals surface area (Å²) < 4.78 is 5.28. The molecule has 2 saturated heterocycles. The van der Waals surface area contributed by atoms with Crippen molar-refractivity contribution in [2.24, 2.45) is 5.41 Å². The van der Waals surface area contributed by atoms with Crippen molar-refractivity contribution in [3.63, 3.8) is 0 Å². The van der Waals surface area contributed by atoms with Gasteiger partial charge >= 0.3 is 0 Å². The van der Waals surface area contributed by atoms with Crippen LogP contribution in [0.1, 0.15) is 50.5 Å². The standard InChI is InChI=1S/C22H30N2O3/c1-23-14-5-10-21(19(23)25)13-15-24(16-21)20(26)22(11-3-4-12-22)17-6-8-18(27-2)9-7-17/h6-9H,3-5,10-16H2,1-2H3/t21-/m0/s1. The summed E-state index contributed by atoms with van der Waals surface area (Å²) in [6.45, 7) is 2.13. The average molecular weight is 370 g/mol. The zero-order valence-electron chi connectivity index (χ0n) is 16.5. The molecule has 0 N–H and O–H groups in total. The van der Waals surface area contributed by atoms with Gasteiger partial charge < -0.3 is 14.5 Å². The Bertz CT molecular complexity index is 724. The number of amides is 2. The molecule has 5 nitrogen and oxygen atoms in total. The smallest absolute Gasteiger partial charge is 0.233 e. The molecule has 1 aromatic carbocycles. The van der Waals surface area contributed by atoms with Gasteiger partial charge in [0.15, 0.2) is 0 Å². The number of rotatable bonds is 3. The molecule has 1 atom stereocenters. The van der Waals surface area contributed by atoms with Crippen molar-refractivity contribution in [1.82, 2.24) is 9.80 Å². The number of hydrogen-bond acceptors (Lipinski definition) is 3. The average Bonchev–Trinajstić information content (AvgIpc) is 3.35. The van der Waals surface area contributed by atoms with Gasteiger partial charge in [0.1, 0.15) is 5.75 Å². The Labute approximate surface area is 161 Å². The fourth-order valence-corrected chi connectivity index (χ4v) is 5.51. The number of likely N-dealkylation sites (tertiary alicyclic amines) is 2. The molecule has 0 unspecified atom stereocenters. The zero-order chi connectivity index (χ0) is 19.1. The van der Waals surface area contributed by atoms with E-state index in [0.29, 0.717) is 13.1 Å². The Hall–Kier alpha value is -2.04. The Kier molecular flexibility index (Phi) is 4.65. The monoisotopic (exact) mass is 370 g/mol. The van der Waals surface area contributed by atoms with E-state index in [1.54, 1.807) is 7.11 Å². The molecule has 2 amide bonds. The third-order valence-electron chi connectivity index (χ3n) is 7.10. The summed E-state index contributed by atoms with van der Waals surface area (Å²) >= 11 is 0. The molecule has 1 spiro atoms. The van der Waals surface area contributed by atoms with Crippen LogP contribution in [-0.2, 0) is 15.0 Å². The summed E-state index contributed by atoms with van der Waals surface area (Å²) in [6, 6.07) is 8.00. The fourth-order valence-electron chi connectivity index (χ4n) is 5.51. The molecule has 2 aliphatic heterocycles. The third kappa shape index (κ3) is 2.91. The number of hydrogen-bond donors (Lipinski definition) is 0. The maximum Gasteiger partial charge on any atom is 0.233 e. The van der Waals surface area contributed by atoms with E-state index >= 15 is 0 Å². The normalized spacial score (nSPS) is 27.4. The van der Waals surface area contributed by atoms with E-state index in [1.807, 2.05) is 41.1 Å². The van der Waals surface area contributed by atoms with Gasteiger partial charge in [0.2, 0.25) is 11.8 Å². The quantitative estimate of drug-likeness (QED) is 0.822. The van der Waals surface area contributed by atoms with Crippen molar-refractivity contribution in [2.45, 2.75) is 50.4 Å². The van der Waals surface area contributed by atoms with Crippen LogP contribution in [0.4, 0.5) is 0 Å². The minimum Gasteiger partial charge on any atom is -0.497 e. The van der Waals surface area contributed by atoms with E-state index in [1.165, 1.54) is 0 Å². The molecule has 27 heavy (non-hydrogen) atoms. The highest BCUT2D eigenvalue weighted by atomic mass is 16.5. The van der Waals surface area contributed by atoms with Crippen molar-refractivity contribution < 1.29 is 14.3 Å². The van der Waals surface area contributed by atoms with Crippen molar-refractivity contribution >= 4 is 11.8 Å². The Morgan fingerprint density at radius 2 is 1.70 bits per heavy atom. The van der Waals surface area contributed by atoms with Crippen molar-refractivity contribution in [2.75, 3.05) is 33.8 Å². The molecule has 4 rings (SSSR count). The highest BCUT2D eigenvalue weighted by Crippen LogP contribution is 2.46. The van der Waals surface area contributed by atoms with E-state index in [9.17, 15) is 9.59 Å². The summed E-state index contributed by atoms with van der Waals surface area (Å²) in [4.78, 5) is 30.4. The second kappa shape index (κ2) is 6.84. The Morgan fingerprint density at radius 1 is 1.00 bits per heavy atom. The van der Waals surface area contributed by atoms with Crippen LogP contribution in [0.5, 0.6) is 5.75 Å². The van der Waals surface area contributed by atoms with E-state index in [0.717, 1.165) is 62.8 Å². The molecule has 1 aromatic rings. The Balaban J connectivity index is 1.59. The maximum atomic E-state index is 13.7. The Morgan fingerprint density at radius 3 is 2.37 bits per heavy atom. The van der Waals surface area contributed by atoms with Crippen molar-refractivity contribution in [1.29, 1.82) is 0 Å². The van der Waals surface area contributed by atoms with Crippen LogP contribution in [0.2, 0.25) is 0 Å². The van der Waals surface area contributed by atoms with Crippen molar-refractivity contribution in [3.8, 4) is 5.75 Å². The topological polar surface area (TPSA) is 49.9 Å². The van der Waals surface area contributed by atoms with Crippen LogP contribution in [0.25, 0.3) is 0 Å². The minimum atomic E-state index is -0.429. The molecule has 0 radical (unpaired) electrons. The second-order valence-electron chi connectivity index (χ2n) is 8.61. The van der Waals surface area contributed by atoms with Gasteiger partial charge in [0.25, 0.3) is 0 Å². The van der Waals surface area contributed by atoms with Crippen LogP contribution in [-0.4, -0.2) is 55.4 Å². The number of carbonyl (C=O) groups is 2. The molecule has 1 saturated carbocycles. The van der Waals surface area contributed by atoms with Gasteiger partial charge in [-0.05, 0) is 49.8 Å². The summed E-state index contributed by atoms with van der Waals surface area (Å²) in [5.74, 6) is 1.27. The van der Waals surface area contributed by atoms with Crippen LogP contribution in [0.3, 0.4) is 0 Å². The molecule has 3 aliphatic rings. The predicted octanol–water partition coefficient (Wildman–Crippen LogP) is 2.98. The fraction of sp³-hybridized carbons (Fsp3) is 0.636. The zero-order valence-corrected chi connectivity index (χ0v) is 16.5. The first-order valence-electron chi connectivity index (χ1n) is 10.2. The highest BCUT2D eigenvalue weighted by molar-refractivity contribution is 5.91. The van der Waals surface area contributed by atoms with Gasteiger partial charge in [-0.15, -0.1) is 0 Å². The molecular weight excluding hydrogens is 340 g/mol. The number of benzene rings is 1. The lowest BCUT2D eigenvalue weighted by Gasteiger charge is -2.38. The molecule has 0 bridgehead atoms. The van der Waals surface area contributed by atoms with Crippen LogP contribution < -0.4 is 4.74 Å². The lowest BCUT2D eigenvalue weighted by molar-refractivity contribution is -0.145. The van der Waals surface area contributed by atoms with Gasteiger partial charge in [-0.3, -0.25) is 9.59 Å². The number of nitrogens with zero attached hydrogens (tertiary/aromatic N) is 2. The molecule has 2 heterocycles. The molecular formula is C22H30N2O3. The molecule has 5 heteroatoms. The van der Waals surface area contributed by atoms with E-state index in [4.69, 9.17) is 4.74 Å². The summed E-state index contributed by atoms with van der Waals surface area (Å²) in [6.07, 6.45) is 6.71. The van der Waals surface area contributed by atoms with E-state index in [-0.39, 0.29) is 17.2 Å². The molecule has 146 valence electrons. The molecule has 1 aliphatic carbocycles. The first kappa shape index (κ1) is 18.3. The van der Waals surface area contributed by atoms with E-state index in [2.05, 4.69) is 0 Å². The summed E-state index contributed by atoms with van der Waals surface area (Å²) in [7, 11) is 3.55. The lowest BCUT2D eigenvalue weighted by Crippen LogP contribution is -2.50. The van der Waals surface area contributed by atoms with Gasteiger partial charge in [-0.2, -0.15) is 0 Å². The third-order valence-corrected chi connectivity index (χ3v) is 7.10. The largest absolute Gasteiger partial charge is 0.497 e.